The number of hydrogen-bond acceptors (Lipinski definition) is 3. The van der Waals surface area contributed by atoms with Crippen molar-refractivity contribution in [3.63, 3.8) is 0 Å². The van der Waals surface area contributed by atoms with Crippen molar-refractivity contribution >= 4 is 11.8 Å². The summed E-state index contributed by atoms with van der Waals surface area (Å²) in [5, 5.41) is 0. The van der Waals surface area contributed by atoms with Crippen molar-refractivity contribution in [1.82, 2.24) is 0 Å². The monoisotopic (exact) mass is 264 g/mol. The van der Waals surface area contributed by atoms with E-state index in [2.05, 4.69) is 0 Å². The average Bonchev–Trinajstić information content (AvgIpc) is 2.24. The maximum Gasteiger partial charge on any atom is 0.446 e. The van der Waals surface area contributed by atoms with Gasteiger partial charge in [-0.05, 0) is 48.8 Å². The summed E-state index contributed by atoms with van der Waals surface area (Å²) in [5.74, 6) is 0. The van der Waals surface area contributed by atoms with E-state index in [4.69, 9.17) is 11.5 Å². The molecule has 0 saturated heterocycles. The fraction of sp³-hybridized carbons (Fsp3) is 0.455. The first kappa shape index (κ1) is 14.3. The molecule has 0 aliphatic rings. The molecule has 0 aliphatic heterocycles. The Morgan fingerprint density at radius 3 is 2.24 bits per heavy atom. The number of halogens is 3. The maximum atomic E-state index is 12.1. The predicted molar refractivity (Wildman–Crippen MR) is 63.6 cm³/mol. The quantitative estimate of drug-likeness (QED) is 0.804. The Balaban J connectivity index is 2.61. The molecule has 2 nitrogen and oxygen atoms in total. The van der Waals surface area contributed by atoms with Crippen molar-refractivity contribution in [2.24, 2.45) is 11.5 Å². The lowest BCUT2D eigenvalue weighted by Crippen LogP contribution is -2.12. The molecule has 1 aromatic rings. The van der Waals surface area contributed by atoms with Gasteiger partial charge in [-0.3, -0.25) is 0 Å². The zero-order valence-electron chi connectivity index (χ0n) is 9.20. The summed E-state index contributed by atoms with van der Waals surface area (Å²) < 4.78 is 36.3. The first-order valence-electron chi connectivity index (χ1n) is 5.24. The summed E-state index contributed by atoms with van der Waals surface area (Å²) in [6, 6.07) is 5.99. The first-order valence-corrected chi connectivity index (χ1v) is 6.05. The van der Waals surface area contributed by atoms with E-state index in [0.717, 1.165) is 18.4 Å². The van der Waals surface area contributed by atoms with Gasteiger partial charge in [0.2, 0.25) is 0 Å². The van der Waals surface area contributed by atoms with Crippen LogP contribution in [0.25, 0.3) is 0 Å². The highest BCUT2D eigenvalue weighted by Crippen LogP contribution is 2.37. The summed E-state index contributed by atoms with van der Waals surface area (Å²) in [4.78, 5) is 0.173. The minimum atomic E-state index is -4.25. The Morgan fingerprint density at radius 2 is 1.76 bits per heavy atom. The number of thioether (sulfide) groups is 1. The lowest BCUT2D eigenvalue weighted by atomic mass is 10.0. The highest BCUT2D eigenvalue weighted by Gasteiger charge is 2.29. The highest BCUT2D eigenvalue weighted by molar-refractivity contribution is 8.00. The SMILES string of the molecule is NCCC[C@@H](N)c1ccc(SC(F)(F)F)cc1. The number of hydrogen-bond donors (Lipinski definition) is 2. The second-order valence-electron chi connectivity index (χ2n) is 3.65. The summed E-state index contributed by atoms with van der Waals surface area (Å²) in [5.41, 5.74) is 7.83. The normalized spacial score (nSPS) is 13.7. The van der Waals surface area contributed by atoms with Gasteiger partial charge in [0.25, 0.3) is 0 Å². The first-order chi connectivity index (χ1) is 7.92. The van der Waals surface area contributed by atoms with Crippen molar-refractivity contribution in [3.8, 4) is 0 Å². The molecule has 1 atom stereocenters. The number of rotatable bonds is 5. The van der Waals surface area contributed by atoms with Crippen LogP contribution in [0, 0.1) is 0 Å². The molecular weight excluding hydrogens is 249 g/mol. The van der Waals surface area contributed by atoms with Gasteiger partial charge in [-0.25, -0.2) is 0 Å². The van der Waals surface area contributed by atoms with E-state index < -0.39 is 5.51 Å². The van der Waals surface area contributed by atoms with Crippen LogP contribution < -0.4 is 11.5 Å². The van der Waals surface area contributed by atoms with Gasteiger partial charge in [0.1, 0.15) is 0 Å². The third kappa shape index (κ3) is 5.43. The molecule has 0 unspecified atom stereocenters. The molecular formula is C11H15F3N2S. The lowest BCUT2D eigenvalue weighted by molar-refractivity contribution is -0.0328. The molecule has 0 fully saturated rings. The topological polar surface area (TPSA) is 52.0 Å². The second-order valence-corrected chi connectivity index (χ2v) is 4.79. The molecule has 1 aromatic carbocycles. The Hall–Kier alpha value is -0.720. The maximum absolute atomic E-state index is 12.1. The number of nitrogens with two attached hydrogens (primary N) is 2. The Labute approximate surface area is 103 Å². The van der Waals surface area contributed by atoms with Crippen molar-refractivity contribution in [2.75, 3.05) is 6.54 Å². The molecule has 0 spiro atoms. The van der Waals surface area contributed by atoms with Crippen LogP contribution in [-0.2, 0) is 0 Å². The zero-order chi connectivity index (χ0) is 12.9. The van der Waals surface area contributed by atoms with Gasteiger partial charge < -0.3 is 11.5 Å². The third-order valence-corrected chi connectivity index (χ3v) is 3.00. The molecule has 1 rings (SSSR count). The largest absolute Gasteiger partial charge is 0.446 e. The minimum Gasteiger partial charge on any atom is -0.330 e. The molecule has 0 bridgehead atoms. The number of benzene rings is 1. The van der Waals surface area contributed by atoms with Crippen LogP contribution in [0.2, 0.25) is 0 Å². The van der Waals surface area contributed by atoms with Crippen LogP contribution in [0.3, 0.4) is 0 Å². The van der Waals surface area contributed by atoms with Gasteiger partial charge in [-0.1, -0.05) is 12.1 Å². The van der Waals surface area contributed by atoms with Crippen molar-refractivity contribution in [3.05, 3.63) is 29.8 Å². The van der Waals surface area contributed by atoms with E-state index in [1.165, 1.54) is 12.1 Å². The summed E-state index contributed by atoms with van der Waals surface area (Å²) in [7, 11) is 0. The molecule has 0 aliphatic carbocycles. The van der Waals surface area contributed by atoms with E-state index in [0.29, 0.717) is 6.54 Å². The molecule has 4 N–H and O–H groups in total. The van der Waals surface area contributed by atoms with Crippen molar-refractivity contribution in [1.29, 1.82) is 0 Å². The molecule has 0 radical (unpaired) electrons. The summed E-state index contributed by atoms with van der Waals surface area (Å²) >= 11 is -0.122. The fourth-order valence-electron chi connectivity index (χ4n) is 1.42. The minimum absolute atomic E-state index is 0.122. The van der Waals surface area contributed by atoms with Gasteiger partial charge >= 0.3 is 5.51 Å². The third-order valence-electron chi connectivity index (χ3n) is 2.26. The van der Waals surface area contributed by atoms with E-state index >= 15 is 0 Å². The van der Waals surface area contributed by atoms with Crippen LogP contribution >= 0.6 is 11.8 Å². The zero-order valence-corrected chi connectivity index (χ0v) is 10.0. The van der Waals surface area contributed by atoms with Crippen LogP contribution in [-0.4, -0.2) is 12.1 Å². The molecule has 0 aromatic heterocycles. The van der Waals surface area contributed by atoms with Gasteiger partial charge in [0.05, 0.1) is 0 Å². The van der Waals surface area contributed by atoms with Crippen LogP contribution in [0.15, 0.2) is 29.2 Å². The van der Waals surface area contributed by atoms with Crippen molar-refractivity contribution < 1.29 is 13.2 Å². The molecule has 96 valence electrons. The van der Waals surface area contributed by atoms with Crippen LogP contribution in [0.4, 0.5) is 13.2 Å². The Bertz CT molecular complexity index is 338. The van der Waals surface area contributed by atoms with Crippen molar-refractivity contribution in [2.45, 2.75) is 29.3 Å². The van der Waals surface area contributed by atoms with Crippen LogP contribution in [0.1, 0.15) is 24.4 Å². The van der Waals surface area contributed by atoms with Crippen LogP contribution in [0.5, 0.6) is 0 Å². The van der Waals surface area contributed by atoms with E-state index in [1.807, 2.05) is 0 Å². The molecule has 17 heavy (non-hydrogen) atoms. The van der Waals surface area contributed by atoms with Gasteiger partial charge in [-0.2, -0.15) is 13.2 Å². The lowest BCUT2D eigenvalue weighted by Gasteiger charge is -2.12. The van der Waals surface area contributed by atoms with Gasteiger partial charge in [0, 0.05) is 10.9 Å². The second kappa shape index (κ2) is 6.28. The fourth-order valence-corrected chi connectivity index (χ4v) is 1.96. The van der Waals surface area contributed by atoms with Gasteiger partial charge in [-0.15, -0.1) is 0 Å². The number of alkyl halides is 3. The molecule has 0 saturated carbocycles. The Morgan fingerprint density at radius 1 is 1.18 bits per heavy atom. The van der Waals surface area contributed by atoms with E-state index in [1.54, 1.807) is 12.1 Å². The predicted octanol–water partition coefficient (Wildman–Crippen LogP) is 3.04. The average molecular weight is 264 g/mol. The van der Waals surface area contributed by atoms with E-state index in [9.17, 15) is 13.2 Å². The molecule has 0 amide bonds. The molecule has 6 heteroatoms. The standard InChI is InChI=1S/C11H15F3N2S/c12-11(13,14)17-9-5-3-8(4-6-9)10(16)2-1-7-15/h3-6,10H,1-2,7,15-16H2/t10-/m1/s1. The smallest absolute Gasteiger partial charge is 0.330 e. The Kier molecular flexibility index (Phi) is 5.30. The van der Waals surface area contributed by atoms with Gasteiger partial charge in [0.15, 0.2) is 0 Å². The summed E-state index contributed by atoms with van der Waals surface area (Å²) in [6.07, 6.45) is 1.54. The highest BCUT2D eigenvalue weighted by atomic mass is 32.2. The summed E-state index contributed by atoms with van der Waals surface area (Å²) in [6.45, 7) is 0.565. The molecule has 0 heterocycles. The van der Waals surface area contributed by atoms with E-state index in [-0.39, 0.29) is 22.7 Å².